The number of ether oxygens (including phenoxy) is 1. The smallest absolute Gasteiger partial charge is 0.408 e. The highest BCUT2D eigenvalue weighted by molar-refractivity contribution is 5.92. The molecule has 1 rings (SSSR count). The number of hydrogen-bond acceptors (Lipinski definition) is 5. The standard InChI is InChI=1S/C25H37N3O5/c1-6-10-20(15-29)26-23(30)21(13-17(2)3)27-24(31)22(14-18(4)5)28-25(32)33-16-19-11-8-7-9-12-19/h6-9,11-12,15,17-18,20-22H,1,10,13-14,16H2,2-5H3,(H,26,30)(H,27,31)(H,28,32)/t20-,21-,22-/m0/s1. The zero-order valence-corrected chi connectivity index (χ0v) is 20.0. The molecule has 0 saturated carbocycles. The fraction of sp³-hybridized carbons (Fsp3) is 0.520. The molecule has 0 aromatic heterocycles. The first kappa shape index (κ1) is 27.9. The maximum Gasteiger partial charge on any atom is 0.408 e. The molecule has 0 aliphatic heterocycles. The van der Waals surface area contributed by atoms with Crippen LogP contribution in [0.25, 0.3) is 0 Å². The SMILES string of the molecule is C=CC[C@@H](C=O)NC(=O)[C@H](CC(C)C)NC(=O)[C@H](CC(C)C)NC(=O)OCc1ccccc1. The normalized spacial score (nSPS) is 13.5. The third-order valence-corrected chi connectivity index (χ3v) is 4.78. The van der Waals surface area contributed by atoms with Gasteiger partial charge >= 0.3 is 6.09 Å². The molecule has 1 aromatic rings. The molecule has 33 heavy (non-hydrogen) atoms. The molecule has 0 saturated heterocycles. The molecule has 0 fully saturated rings. The number of carbonyl (C=O) groups is 4. The monoisotopic (exact) mass is 459 g/mol. The van der Waals surface area contributed by atoms with Crippen LogP contribution in [0.15, 0.2) is 43.0 Å². The highest BCUT2D eigenvalue weighted by Gasteiger charge is 2.29. The van der Waals surface area contributed by atoms with Gasteiger partial charge in [-0.15, -0.1) is 6.58 Å². The molecule has 0 unspecified atom stereocenters. The van der Waals surface area contributed by atoms with E-state index in [0.29, 0.717) is 25.5 Å². The van der Waals surface area contributed by atoms with Crippen LogP contribution in [-0.2, 0) is 25.7 Å². The molecule has 3 N–H and O–H groups in total. The Morgan fingerprint density at radius 2 is 1.45 bits per heavy atom. The fourth-order valence-corrected chi connectivity index (χ4v) is 3.20. The van der Waals surface area contributed by atoms with Crippen molar-refractivity contribution in [2.75, 3.05) is 0 Å². The number of benzene rings is 1. The molecule has 0 radical (unpaired) electrons. The first-order valence-corrected chi connectivity index (χ1v) is 11.3. The Hall–Kier alpha value is -3.16. The van der Waals surface area contributed by atoms with E-state index in [2.05, 4.69) is 22.5 Å². The predicted molar refractivity (Wildman–Crippen MR) is 127 cm³/mol. The minimum atomic E-state index is -0.870. The summed E-state index contributed by atoms with van der Waals surface area (Å²) in [5.41, 5.74) is 0.829. The average Bonchev–Trinajstić information content (AvgIpc) is 2.76. The number of amides is 3. The Bertz CT molecular complexity index is 780. The highest BCUT2D eigenvalue weighted by Crippen LogP contribution is 2.10. The summed E-state index contributed by atoms with van der Waals surface area (Å²) in [5.74, 6) is -0.708. The topological polar surface area (TPSA) is 114 Å². The van der Waals surface area contributed by atoms with Gasteiger partial charge in [-0.05, 0) is 36.7 Å². The van der Waals surface area contributed by atoms with Crippen molar-refractivity contribution < 1.29 is 23.9 Å². The number of rotatable bonds is 14. The Kier molecular flexibility index (Phi) is 12.5. The van der Waals surface area contributed by atoms with E-state index in [9.17, 15) is 19.2 Å². The molecule has 3 amide bonds. The zero-order valence-electron chi connectivity index (χ0n) is 20.0. The van der Waals surface area contributed by atoms with Crippen LogP contribution in [0.1, 0.15) is 52.5 Å². The second-order valence-corrected chi connectivity index (χ2v) is 8.85. The van der Waals surface area contributed by atoms with Crippen LogP contribution in [0.3, 0.4) is 0 Å². The number of carbonyl (C=O) groups excluding carboxylic acids is 4. The van der Waals surface area contributed by atoms with Crippen LogP contribution in [0.5, 0.6) is 0 Å². The molecule has 1 aromatic carbocycles. The number of alkyl carbamates (subject to hydrolysis) is 1. The van der Waals surface area contributed by atoms with Gasteiger partial charge < -0.3 is 25.5 Å². The lowest BCUT2D eigenvalue weighted by Gasteiger charge is -2.25. The third-order valence-electron chi connectivity index (χ3n) is 4.78. The lowest BCUT2D eigenvalue weighted by Crippen LogP contribution is -2.55. The Morgan fingerprint density at radius 1 is 0.909 bits per heavy atom. The zero-order chi connectivity index (χ0) is 24.8. The van der Waals surface area contributed by atoms with Crippen molar-refractivity contribution in [2.24, 2.45) is 11.8 Å². The second-order valence-electron chi connectivity index (χ2n) is 8.85. The third kappa shape index (κ3) is 11.3. The number of nitrogens with one attached hydrogen (secondary N) is 3. The Labute approximate surface area is 196 Å². The van der Waals surface area contributed by atoms with Crippen molar-refractivity contribution in [1.29, 1.82) is 0 Å². The van der Waals surface area contributed by atoms with Crippen LogP contribution in [0.2, 0.25) is 0 Å². The highest BCUT2D eigenvalue weighted by atomic mass is 16.5. The maximum absolute atomic E-state index is 13.0. The predicted octanol–water partition coefficient (Wildman–Crippen LogP) is 3.12. The van der Waals surface area contributed by atoms with Gasteiger partial charge in [0.25, 0.3) is 0 Å². The minimum Gasteiger partial charge on any atom is -0.445 e. The van der Waals surface area contributed by atoms with Crippen LogP contribution in [0, 0.1) is 11.8 Å². The molecule has 0 spiro atoms. The maximum atomic E-state index is 13.0. The van der Waals surface area contributed by atoms with Crippen molar-refractivity contribution in [2.45, 2.75) is 71.7 Å². The van der Waals surface area contributed by atoms with Gasteiger partial charge in [-0.2, -0.15) is 0 Å². The second kappa shape index (κ2) is 14.8. The van der Waals surface area contributed by atoms with Crippen LogP contribution >= 0.6 is 0 Å². The molecule has 0 heterocycles. The molecule has 3 atom stereocenters. The number of aldehydes is 1. The van der Waals surface area contributed by atoms with Crippen molar-refractivity contribution in [1.82, 2.24) is 16.0 Å². The summed E-state index contributed by atoms with van der Waals surface area (Å²) in [6.07, 6.45) is 2.51. The molecule has 182 valence electrons. The van der Waals surface area contributed by atoms with Crippen molar-refractivity contribution >= 4 is 24.2 Å². The van der Waals surface area contributed by atoms with E-state index in [1.54, 1.807) is 6.08 Å². The van der Waals surface area contributed by atoms with Gasteiger partial charge in [0.1, 0.15) is 25.0 Å². The lowest BCUT2D eigenvalue weighted by molar-refractivity contribution is -0.131. The van der Waals surface area contributed by atoms with E-state index < -0.39 is 36.0 Å². The van der Waals surface area contributed by atoms with Gasteiger partial charge in [-0.3, -0.25) is 9.59 Å². The minimum absolute atomic E-state index is 0.0808. The summed E-state index contributed by atoms with van der Waals surface area (Å²) in [6.45, 7) is 11.4. The molecule has 8 nitrogen and oxygen atoms in total. The first-order valence-electron chi connectivity index (χ1n) is 11.3. The Morgan fingerprint density at radius 3 is 1.97 bits per heavy atom. The van der Waals surface area contributed by atoms with E-state index >= 15 is 0 Å². The van der Waals surface area contributed by atoms with Gasteiger partial charge in [0, 0.05) is 0 Å². The van der Waals surface area contributed by atoms with Crippen molar-refractivity contribution in [3.8, 4) is 0 Å². The quantitative estimate of drug-likeness (QED) is 0.292. The van der Waals surface area contributed by atoms with Crippen molar-refractivity contribution in [3.05, 3.63) is 48.6 Å². The molecule has 0 aliphatic rings. The molecule has 8 heteroatoms. The van der Waals surface area contributed by atoms with E-state index in [-0.39, 0.29) is 18.4 Å². The van der Waals surface area contributed by atoms with Gasteiger partial charge in [0.05, 0.1) is 6.04 Å². The summed E-state index contributed by atoms with van der Waals surface area (Å²) in [4.78, 5) is 49.3. The van der Waals surface area contributed by atoms with Gasteiger partial charge in [-0.25, -0.2) is 4.79 Å². The molecular weight excluding hydrogens is 422 g/mol. The lowest BCUT2D eigenvalue weighted by atomic mass is 10.00. The van der Waals surface area contributed by atoms with E-state index in [4.69, 9.17) is 4.74 Å². The summed E-state index contributed by atoms with van der Waals surface area (Å²) in [7, 11) is 0. The van der Waals surface area contributed by atoms with Crippen molar-refractivity contribution in [3.63, 3.8) is 0 Å². The van der Waals surface area contributed by atoms with E-state index in [1.165, 1.54) is 0 Å². The summed E-state index contributed by atoms with van der Waals surface area (Å²) < 4.78 is 5.24. The van der Waals surface area contributed by atoms with E-state index in [0.717, 1.165) is 5.56 Å². The number of hydrogen-bond donors (Lipinski definition) is 3. The van der Waals surface area contributed by atoms with Crippen LogP contribution in [-0.4, -0.2) is 42.3 Å². The average molecular weight is 460 g/mol. The summed E-state index contributed by atoms with van der Waals surface area (Å²) in [5, 5.41) is 7.99. The largest absolute Gasteiger partial charge is 0.445 e. The molecule has 0 bridgehead atoms. The summed E-state index contributed by atoms with van der Waals surface area (Å²) >= 11 is 0. The summed E-state index contributed by atoms with van der Waals surface area (Å²) in [6, 6.07) is 6.79. The van der Waals surface area contributed by atoms with Gasteiger partial charge in [0.2, 0.25) is 11.8 Å². The van der Waals surface area contributed by atoms with E-state index in [1.807, 2.05) is 58.0 Å². The molecular formula is C25H37N3O5. The van der Waals surface area contributed by atoms with Crippen LogP contribution in [0.4, 0.5) is 4.79 Å². The Balaban J connectivity index is 2.83. The fourth-order valence-electron chi connectivity index (χ4n) is 3.20. The van der Waals surface area contributed by atoms with Gasteiger partial charge in [0.15, 0.2) is 0 Å². The van der Waals surface area contributed by atoms with Gasteiger partial charge in [-0.1, -0.05) is 64.1 Å². The first-order chi connectivity index (χ1) is 15.7. The molecule has 0 aliphatic carbocycles. The van der Waals surface area contributed by atoms with Crippen LogP contribution < -0.4 is 16.0 Å².